The number of hydrogen-bond donors (Lipinski definition) is 0. The Morgan fingerprint density at radius 3 is 2.70 bits per heavy atom. The van der Waals surface area contributed by atoms with Crippen LogP contribution in [0.2, 0.25) is 0 Å². The van der Waals surface area contributed by atoms with Crippen molar-refractivity contribution in [3.8, 4) is 11.5 Å². The van der Waals surface area contributed by atoms with Crippen molar-refractivity contribution in [2.45, 2.75) is 17.7 Å². The van der Waals surface area contributed by atoms with Crippen LogP contribution >= 0.6 is 11.8 Å². The van der Waals surface area contributed by atoms with Gasteiger partial charge < -0.3 is 13.3 Å². The van der Waals surface area contributed by atoms with Gasteiger partial charge in [-0.05, 0) is 36.4 Å². The van der Waals surface area contributed by atoms with E-state index >= 15 is 0 Å². The number of thioether (sulfide) groups is 1. The van der Waals surface area contributed by atoms with Gasteiger partial charge in [0.25, 0.3) is 11.1 Å². The SMILES string of the molecule is O=C(CSc1nnc(-c2ccncc2)o1)N1N=C(c2ccco2)C[C@H]1c1ccco1. The molecule has 10 heteroatoms. The van der Waals surface area contributed by atoms with Gasteiger partial charge in [0.15, 0.2) is 0 Å². The average molecular weight is 421 g/mol. The Labute approximate surface area is 174 Å². The van der Waals surface area contributed by atoms with Crippen LogP contribution in [0.15, 0.2) is 84.9 Å². The topological polar surface area (TPSA) is 111 Å². The molecular weight excluding hydrogens is 406 g/mol. The molecule has 0 N–H and O–H groups in total. The lowest BCUT2D eigenvalue weighted by Crippen LogP contribution is -2.28. The lowest BCUT2D eigenvalue weighted by atomic mass is 10.1. The first-order valence-corrected chi connectivity index (χ1v) is 10.1. The maximum Gasteiger partial charge on any atom is 0.277 e. The molecule has 0 aliphatic carbocycles. The predicted octanol–water partition coefficient (Wildman–Crippen LogP) is 3.79. The standard InChI is InChI=1S/C20H15N5O4S/c26-18(12-30-20-23-22-19(29-20)13-5-7-21-8-6-13)25-15(17-4-2-10-28-17)11-14(24-25)16-3-1-9-27-16/h1-10,15H,11-12H2/t15-/m0/s1. The third-order valence-corrected chi connectivity index (χ3v) is 5.30. The van der Waals surface area contributed by atoms with Crippen LogP contribution in [0.3, 0.4) is 0 Å². The fraction of sp³-hybridized carbons (Fsp3) is 0.150. The zero-order valence-electron chi connectivity index (χ0n) is 15.5. The van der Waals surface area contributed by atoms with E-state index in [0.29, 0.717) is 34.8 Å². The van der Waals surface area contributed by atoms with E-state index in [9.17, 15) is 4.79 Å². The molecule has 0 saturated carbocycles. The van der Waals surface area contributed by atoms with Crippen LogP contribution in [-0.4, -0.2) is 37.6 Å². The van der Waals surface area contributed by atoms with Gasteiger partial charge in [-0.2, -0.15) is 5.10 Å². The molecule has 0 fully saturated rings. The second-order valence-electron chi connectivity index (χ2n) is 6.40. The molecule has 5 heterocycles. The van der Waals surface area contributed by atoms with Crippen molar-refractivity contribution in [3.05, 3.63) is 72.8 Å². The smallest absolute Gasteiger partial charge is 0.277 e. The monoisotopic (exact) mass is 421 g/mol. The summed E-state index contributed by atoms with van der Waals surface area (Å²) in [5, 5.41) is 14.3. The van der Waals surface area contributed by atoms with Gasteiger partial charge in [0, 0.05) is 24.4 Å². The molecule has 1 atom stereocenters. The highest BCUT2D eigenvalue weighted by Gasteiger charge is 2.35. The van der Waals surface area contributed by atoms with Gasteiger partial charge in [-0.15, -0.1) is 10.2 Å². The van der Waals surface area contributed by atoms with Crippen LogP contribution in [0.4, 0.5) is 0 Å². The van der Waals surface area contributed by atoms with E-state index in [4.69, 9.17) is 13.3 Å². The summed E-state index contributed by atoms with van der Waals surface area (Å²) in [6, 6.07) is 10.4. The number of pyridine rings is 1. The van der Waals surface area contributed by atoms with Crippen LogP contribution in [0.5, 0.6) is 0 Å². The maximum absolute atomic E-state index is 12.9. The fourth-order valence-electron chi connectivity index (χ4n) is 3.10. The molecule has 0 saturated heterocycles. The Bertz CT molecular complexity index is 1160. The van der Waals surface area contributed by atoms with Crippen LogP contribution in [-0.2, 0) is 4.79 Å². The minimum absolute atomic E-state index is 0.0874. The molecule has 0 spiro atoms. The number of carbonyl (C=O) groups excluding carboxylic acids is 1. The van der Waals surface area contributed by atoms with E-state index in [1.165, 1.54) is 5.01 Å². The molecule has 1 aliphatic rings. The Morgan fingerprint density at radius 2 is 1.93 bits per heavy atom. The van der Waals surface area contributed by atoms with Crippen LogP contribution in [0.1, 0.15) is 24.0 Å². The Kier molecular flexibility index (Phi) is 4.89. The molecular formula is C20H15N5O4S. The second-order valence-corrected chi connectivity index (χ2v) is 7.32. The molecule has 30 heavy (non-hydrogen) atoms. The summed E-state index contributed by atoms with van der Waals surface area (Å²) in [5.41, 5.74) is 1.46. The summed E-state index contributed by atoms with van der Waals surface area (Å²) in [7, 11) is 0. The number of amides is 1. The lowest BCUT2D eigenvalue weighted by Gasteiger charge is -2.19. The van der Waals surface area contributed by atoms with Crippen molar-refractivity contribution in [2.75, 3.05) is 5.75 Å². The van der Waals surface area contributed by atoms with Gasteiger partial charge in [-0.3, -0.25) is 9.78 Å². The summed E-state index contributed by atoms with van der Waals surface area (Å²) < 4.78 is 16.6. The van der Waals surface area contributed by atoms with E-state index in [1.54, 1.807) is 49.2 Å². The predicted molar refractivity (Wildman–Crippen MR) is 106 cm³/mol. The molecule has 0 bridgehead atoms. The normalized spacial score (nSPS) is 16.1. The molecule has 0 aromatic carbocycles. The third kappa shape index (κ3) is 3.64. The van der Waals surface area contributed by atoms with Gasteiger partial charge >= 0.3 is 0 Å². The van der Waals surface area contributed by atoms with Crippen molar-refractivity contribution in [1.29, 1.82) is 0 Å². The lowest BCUT2D eigenvalue weighted by molar-refractivity contribution is -0.130. The van der Waals surface area contributed by atoms with Crippen molar-refractivity contribution >= 4 is 23.4 Å². The largest absolute Gasteiger partial charge is 0.467 e. The van der Waals surface area contributed by atoms with Crippen LogP contribution in [0, 0.1) is 0 Å². The van der Waals surface area contributed by atoms with E-state index in [0.717, 1.165) is 17.3 Å². The molecule has 9 nitrogen and oxygen atoms in total. The second kappa shape index (κ2) is 7.99. The number of hydrogen-bond acceptors (Lipinski definition) is 9. The first-order chi connectivity index (χ1) is 14.8. The van der Waals surface area contributed by atoms with Crippen molar-refractivity contribution in [3.63, 3.8) is 0 Å². The summed E-state index contributed by atoms with van der Waals surface area (Å²) in [6.45, 7) is 0. The Morgan fingerprint density at radius 1 is 1.10 bits per heavy atom. The summed E-state index contributed by atoms with van der Waals surface area (Å²) in [5.74, 6) is 1.56. The highest BCUT2D eigenvalue weighted by Crippen LogP contribution is 2.34. The Hall–Kier alpha value is -3.66. The first kappa shape index (κ1) is 18.4. The van der Waals surface area contributed by atoms with E-state index in [2.05, 4.69) is 20.3 Å². The summed E-state index contributed by atoms with van der Waals surface area (Å²) >= 11 is 1.16. The maximum atomic E-state index is 12.9. The zero-order valence-corrected chi connectivity index (χ0v) is 16.4. The fourth-order valence-corrected chi connectivity index (χ4v) is 3.72. The van der Waals surface area contributed by atoms with E-state index in [-0.39, 0.29) is 17.7 Å². The number of rotatable bonds is 6. The van der Waals surface area contributed by atoms with Gasteiger partial charge in [0.1, 0.15) is 23.3 Å². The minimum atomic E-state index is -0.330. The molecule has 4 aromatic rings. The Balaban J connectivity index is 1.31. The van der Waals surface area contributed by atoms with Crippen molar-refractivity contribution in [1.82, 2.24) is 20.2 Å². The number of nitrogens with zero attached hydrogens (tertiary/aromatic N) is 5. The summed E-state index contributed by atoms with van der Waals surface area (Å²) in [6.07, 6.45) is 6.95. The minimum Gasteiger partial charge on any atom is -0.467 e. The zero-order chi connectivity index (χ0) is 20.3. The molecule has 4 aromatic heterocycles. The van der Waals surface area contributed by atoms with Gasteiger partial charge in [-0.25, -0.2) is 5.01 Å². The molecule has 1 aliphatic heterocycles. The molecule has 0 radical (unpaired) electrons. The average Bonchev–Trinajstić information content (AvgIpc) is 3.57. The van der Waals surface area contributed by atoms with E-state index < -0.39 is 0 Å². The van der Waals surface area contributed by atoms with E-state index in [1.807, 2.05) is 12.1 Å². The van der Waals surface area contributed by atoms with Crippen molar-refractivity contribution in [2.24, 2.45) is 5.10 Å². The molecule has 0 unspecified atom stereocenters. The van der Waals surface area contributed by atoms with Crippen molar-refractivity contribution < 1.29 is 18.0 Å². The van der Waals surface area contributed by atoms with Gasteiger partial charge in [-0.1, -0.05) is 11.8 Å². The first-order valence-electron chi connectivity index (χ1n) is 9.11. The van der Waals surface area contributed by atoms with Gasteiger partial charge in [0.05, 0.1) is 18.3 Å². The number of carbonyl (C=O) groups is 1. The summed E-state index contributed by atoms with van der Waals surface area (Å²) in [4.78, 5) is 16.9. The van der Waals surface area contributed by atoms with Gasteiger partial charge in [0.2, 0.25) is 5.89 Å². The molecule has 5 rings (SSSR count). The molecule has 1 amide bonds. The molecule has 150 valence electrons. The highest BCUT2D eigenvalue weighted by molar-refractivity contribution is 7.99. The highest BCUT2D eigenvalue weighted by atomic mass is 32.2. The number of hydrazone groups is 1. The third-order valence-electron chi connectivity index (χ3n) is 4.50. The number of aromatic nitrogens is 3. The van der Waals surface area contributed by atoms with Crippen LogP contribution in [0.25, 0.3) is 11.5 Å². The number of furan rings is 2. The van der Waals surface area contributed by atoms with Crippen LogP contribution < -0.4 is 0 Å². The quantitative estimate of drug-likeness (QED) is 0.433.